The zero-order valence-corrected chi connectivity index (χ0v) is 11.6. The standard InChI is InChI=1S/C16H17N3O2/c20-15(13-9-5-1-2-6-10(9)13)19-18-14-11-7-3-4-8-12(11)17-16(14)21/h3-4,7-10,13,17,21H,1-2,5-6H2. The molecule has 1 aromatic carbocycles. The summed E-state index contributed by atoms with van der Waals surface area (Å²) in [7, 11) is 0. The second-order valence-corrected chi connectivity index (χ2v) is 6.04. The van der Waals surface area contributed by atoms with E-state index in [-0.39, 0.29) is 17.7 Å². The molecule has 1 heterocycles. The van der Waals surface area contributed by atoms with Crippen molar-refractivity contribution in [2.24, 2.45) is 28.0 Å². The number of azo groups is 1. The number of hydrogen-bond acceptors (Lipinski definition) is 3. The first kappa shape index (κ1) is 12.6. The molecule has 0 aliphatic heterocycles. The van der Waals surface area contributed by atoms with Gasteiger partial charge < -0.3 is 10.1 Å². The Hall–Kier alpha value is -2.17. The number of aromatic hydroxyl groups is 1. The highest BCUT2D eigenvalue weighted by atomic mass is 16.3. The van der Waals surface area contributed by atoms with Gasteiger partial charge in [0.05, 0.1) is 5.52 Å². The molecule has 0 radical (unpaired) electrons. The number of carbonyl (C=O) groups excluding carboxylic acids is 1. The third-order valence-electron chi connectivity index (χ3n) is 4.85. The number of hydrogen-bond donors (Lipinski definition) is 2. The maximum atomic E-state index is 12.2. The van der Waals surface area contributed by atoms with Crippen LogP contribution in [-0.4, -0.2) is 16.0 Å². The topological polar surface area (TPSA) is 77.8 Å². The maximum absolute atomic E-state index is 12.2. The number of rotatable bonds is 2. The van der Waals surface area contributed by atoms with Crippen molar-refractivity contribution in [2.75, 3.05) is 0 Å². The van der Waals surface area contributed by atoms with Gasteiger partial charge in [-0.05, 0) is 30.7 Å². The number of nitrogens with zero attached hydrogens (tertiary/aromatic N) is 2. The quantitative estimate of drug-likeness (QED) is 0.819. The predicted octanol–water partition coefficient (Wildman–Crippen LogP) is 3.92. The van der Waals surface area contributed by atoms with Crippen LogP contribution in [0.3, 0.4) is 0 Å². The van der Waals surface area contributed by atoms with E-state index < -0.39 is 0 Å². The van der Waals surface area contributed by atoms with Crippen LogP contribution in [0.5, 0.6) is 5.88 Å². The number of amides is 1. The molecule has 2 fully saturated rings. The fraction of sp³-hybridized carbons (Fsp3) is 0.438. The molecule has 5 heteroatoms. The number of fused-ring (bicyclic) bond motifs is 2. The number of para-hydroxylation sites is 1. The summed E-state index contributed by atoms with van der Waals surface area (Å²) in [5, 5.41) is 18.5. The van der Waals surface area contributed by atoms with Gasteiger partial charge in [0.25, 0.3) is 5.91 Å². The van der Waals surface area contributed by atoms with Crippen molar-refractivity contribution in [2.45, 2.75) is 25.7 Å². The van der Waals surface area contributed by atoms with Crippen LogP contribution in [0.4, 0.5) is 5.69 Å². The third kappa shape index (κ3) is 2.04. The Kier molecular flexibility index (Phi) is 2.80. The number of nitrogens with one attached hydrogen (secondary N) is 1. The minimum Gasteiger partial charge on any atom is -0.493 e. The highest BCUT2D eigenvalue weighted by Crippen LogP contribution is 2.56. The van der Waals surface area contributed by atoms with Gasteiger partial charge in [0.1, 0.15) is 0 Å². The molecule has 1 aromatic heterocycles. The summed E-state index contributed by atoms with van der Waals surface area (Å²) in [6, 6.07) is 7.44. The van der Waals surface area contributed by atoms with Crippen molar-refractivity contribution in [3.05, 3.63) is 24.3 Å². The van der Waals surface area contributed by atoms with E-state index in [9.17, 15) is 9.90 Å². The van der Waals surface area contributed by atoms with Crippen LogP contribution >= 0.6 is 0 Å². The summed E-state index contributed by atoms with van der Waals surface area (Å²) in [5.74, 6) is 0.963. The molecule has 108 valence electrons. The molecule has 2 saturated carbocycles. The lowest BCUT2D eigenvalue weighted by Crippen LogP contribution is -1.97. The van der Waals surface area contributed by atoms with Gasteiger partial charge in [-0.25, -0.2) is 0 Å². The van der Waals surface area contributed by atoms with Crippen LogP contribution in [-0.2, 0) is 4.79 Å². The van der Waals surface area contributed by atoms with Crippen molar-refractivity contribution in [1.82, 2.24) is 4.98 Å². The van der Waals surface area contributed by atoms with E-state index in [0.29, 0.717) is 17.5 Å². The predicted molar refractivity (Wildman–Crippen MR) is 78.4 cm³/mol. The summed E-state index contributed by atoms with van der Waals surface area (Å²) in [6.07, 6.45) is 4.75. The van der Waals surface area contributed by atoms with Crippen molar-refractivity contribution < 1.29 is 9.90 Å². The van der Waals surface area contributed by atoms with Gasteiger partial charge in [0.2, 0.25) is 5.88 Å². The van der Waals surface area contributed by atoms with E-state index in [1.165, 1.54) is 12.8 Å². The molecule has 2 N–H and O–H groups in total. The molecule has 2 unspecified atom stereocenters. The van der Waals surface area contributed by atoms with Crippen LogP contribution in [0.2, 0.25) is 0 Å². The fourth-order valence-electron chi connectivity index (χ4n) is 3.74. The summed E-state index contributed by atoms with van der Waals surface area (Å²) >= 11 is 0. The number of carbonyl (C=O) groups is 1. The van der Waals surface area contributed by atoms with E-state index in [0.717, 1.165) is 23.7 Å². The highest BCUT2D eigenvalue weighted by molar-refractivity contribution is 5.94. The Morgan fingerprint density at radius 3 is 2.67 bits per heavy atom. The van der Waals surface area contributed by atoms with Crippen LogP contribution in [0.1, 0.15) is 25.7 Å². The third-order valence-corrected chi connectivity index (χ3v) is 4.85. The zero-order valence-electron chi connectivity index (χ0n) is 11.6. The smallest absolute Gasteiger partial charge is 0.268 e. The van der Waals surface area contributed by atoms with E-state index in [1.807, 2.05) is 24.3 Å². The van der Waals surface area contributed by atoms with Gasteiger partial charge in [0.15, 0.2) is 5.69 Å². The molecule has 1 amide bonds. The highest BCUT2D eigenvalue weighted by Gasteiger charge is 2.54. The van der Waals surface area contributed by atoms with Crippen LogP contribution < -0.4 is 0 Å². The lowest BCUT2D eigenvalue weighted by molar-refractivity contribution is -0.120. The normalized spacial score (nSPS) is 27.9. The fourth-order valence-corrected chi connectivity index (χ4v) is 3.74. The van der Waals surface area contributed by atoms with E-state index >= 15 is 0 Å². The van der Waals surface area contributed by atoms with Gasteiger partial charge in [0, 0.05) is 11.3 Å². The monoisotopic (exact) mass is 283 g/mol. The number of aromatic nitrogens is 1. The van der Waals surface area contributed by atoms with Crippen molar-refractivity contribution >= 4 is 22.5 Å². The Morgan fingerprint density at radius 1 is 1.19 bits per heavy atom. The minimum atomic E-state index is -0.128. The number of H-pyrrole nitrogens is 1. The number of aromatic amines is 1. The van der Waals surface area contributed by atoms with Crippen LogP contribution in [0.25, 0.3) is 10.9 Å². The summed E-state index contributed by atoms with van der Waals surface area (Å²) < 4.78 is 0. The maximum Gasteiger partial charge on any atom is 0.268 e. The first-order valence-corrected chi connectivity index (χ1v) is 7.51. The molecule has 21 heavy (non-hydrogen) atoms. The first-order valence-electron chi connectivity index (χ1n) is 7.51. The molecular formula is C16H17N3O2. The molecule has 0 saturated heterocycles. The molecule has 2 aliphatic carbocycles. The van der Waals surface area contributed by atoms with Crippen molar-refractivity contribution in [3.63, 3.8) is 0 Å². The largest absolute Gasteiger partial charge is 0.493 e. The van der Waals surface area contributed by atoms with E-state index in [1.54, 1.807) is 0 Å². The molecule has 2 aliphatic rings. The van der Waals surface area contributed by atoms with E-state index in [4.69, 9.17) is 0 Å². The lowest BCUT2D eigenvalue weighted by atomic mass is 10.0. The van der Waals surface area contributed by atoms with Gasteiger partial charge in [-0.2, -0.15) is 0 Å². The van der Waals surface area contributed by atoms with Crippen molar-refractivity contribution in [3.8, 4) is 5.88 Å². The Morgan fingerprint density at radius 2 is 1.90 bits per heavy atom. The summed E-state index contributed by atoms with van der Waals surface area (Å²) in [4.78, 5) is 15.0. The summed E-state index contributed by atoms with van der Waals surface area (Å²) in [6.45, 7) is 0. The van der Waals surface area contributed by atoms with Crippen LogP contribution in [0, 0.1) is 17.8 Å². The second kappa shape index (κ2) is 4.69. The minimum absolute atomic E-state index is 0.0408. The van der Waals surface area contributed by atoms with E-state index in [2.05, 4.69) is 15.2 Å². The summed E-state index contributed by atoms with van der Waals surface area (Å²) in [5.41, 5.74) is 1.14. The Labute approximate surface area is 122 Å². The zero-order chi connectivity index (χ0) is 14.4. The average molecular weight is 283 g/mol. The Bertz CT molecular complexity index is 722. The molecule has 2 atom stereocenters. The molecule has 4 rings (SSSR count). The van der Waals surface area contributed by atoms with Gasteiger partial charge in [-0.1, -0.05) is 31.0 Å². The van der Waals surface area contributed by atoms with Crippen molar-refractivity contribution in [1.29, 1.82) is 0 Å². The molecule has 5 nitrogen and oxygen atoms in total. The number of benzene rings is 1. The molecule has 2 aromatic rings. The molecular weight excluding hydrogens is 266 g/mol. The average Bonchev–Trinajstić information content (AvgIpc) is 3.14. The molecule has 0 bridgehead atoms. The van der Waals surface area contributed by atoms with Gasteiger partial charge >= 0.3 is 0 Å². The Balaban J connectivity index is 1.57. The first-order chi connectivity index (χ1) is 10.3. The van der Waals surface area contributed by atoms with Gasteiger partial charge in [-0.3, -0.25) is 4.79 Å². The van der Waals surface area contributed by atoms with Gasteiger partial charge in [-0.15, -0.1) is 10.2 Å². The van der Waals surface area contributed by atoms with Crippen LogP contribution in [0.15, 0.2) is 34.5 Å². The lowest BCUT2D eigenvalue weighted by Gasteiger charge is -2.04. The molecule has 0 spiro atoms. The SMILES string of the molecule is O=C(N=Nc1c(O)[nH]c2ccccc12)C1C2CCCCC21. The second-order valence-electron chi connectivity index (χ2n) is 6.04.